The Morgan fingerprint density at radius 3 is 2.32 bits per heavy atom. The molecule has 4 aliphatic rings. The van der Waals surface area contributed by atoms with Gasteiger partial charge in [-0.3, -0.25) is 9.69 Å². The fourth-order valence-corrected chi connectivity index (χ4v) is 5.94. The summed E-state index contributed by atoms with van der Waals surface area (Å²) >= 11 is 0. The molecule has 3 amide bonds. The molecule has 6 rings (SSSR count). The van der Waals surface area contributed by atoms with Gasteiger partial charge >= 0.3 is 24.0 Å². The van der Waals surface area contributed by atoms with E-state index in [0.29, 0.717) is 31.3 Å². The molecule has 5 heterocycles. The summed E-state index contributed by atoms with van der Waals surface area (Å²) in [5.41, 5.74) is -0.870. The molecule has 220 valence electrons. The van der Waals surface area contributed by atoms with Crippen molar-refractivity contribution in [3.8, 4) is 0 Å². The lowest BCUT2D eigenvalue weighted by molar-refractivity contribution is -0.349. The van der Waals surface area contributed by atoms with E-state index in [1.54, 1.807) is 31.7 Å². The Balaban J connectivity index is 1.45. The molecule has 0 aliphatic carbocycles. The van der Waals surface area contributed by atoms with Crippen LogP contribution >= 0.6 is 0 Å². The number of H-pyrrole nitrogens is 1. The van der Waals surface area contributed by atoms with Crippen LogP contribution in [0.3, 0.4) is 0 Å². The number of piperazine rings is 1. The third kappa shape index (κ3) is 4.98. The van der Waals surface area contributed by atoms with Crippen LogP contribution in [0.4, 0.5) is 44.1 Å². The van der Waals surface area contributed by atoms with Crippen molar-refractivity contribution < 1.29 is 46.2 Å². The molecule has 1 aromatic heterocycles. The second-order valence-corrected chi connectivity index (χ2v) is 11.9. The molecule has 0 spiro atoms. The minimum atomic E-state index is -5.30. The van der Waals surface area contributed by atoms with E-state index in [4.69, 9.17) is 4.84 Å². The molecule has 3 fully saturated rings. The van der Waals surface area contributed by atoms with Gasteiger partial charge in [0.25, 0.3) is 11.6 Å². The standard InChI is InChI=1S/C27H29F5N5O4/c1-26(2,3)14-37(41-24(39)27(30,31)32)20-9-10-21(33-22(20)34(4)25(37)40)35-12-17-7-6-16(35)13-36(17)23(38)18-8-5-15(28)11-19(18)29/h5,8-11,16-17H,6-7,12-14H2,1-4H3/q+1/p+1. The van der Waals surface area contributed by atoms with E-state index >= 15 is 0 Å². The van der Waals surface area contributed by atoms with Crippen molar-refractivity contribution in [1.29, 1.82) is 0 Å². The van der Waals surface area contributed by atoms with Crippen LogP contribution < -0.4 is 19.4 Å². The van der Waals surface area contributed by atoms with E-state index in [-0.39, 0.29) is 42.2 Å². The second kappa shape index (κ2) is 9.64. The summed E-state index contributed by atoms with van der Waals surface area (Å²) in [4.78, 5) is 51.3. The van der Waals surface area contributed by atoms with Crippen LogP contribution in [0.15, 0.2) is 30.3 Å². The Morgan fingerprint density at radius 2 is 1.73 bits per heavy atom. The number of hydrogen-bond donors (Lipinski definition) is 0. The highest BCUT2D eigenvalue weighted by Gasteiger charge is 2.64. The molecule has 0 radical (unpaired) electrons. The summed E-state index contributed by atoms with van der Waals surface area (Å²) in [7, 11) is 1.38. The molecule has 3 saturated heterocycles. The highest BCUT2D eigenvalue weighted by atomic mass is 19.4. The largest absolute Gasteiger partial charge is 0.529 e. The van der Waals surface area contributed by atoms with Gasteiger partial charge in [0.05, 0.1) is 37.8 Å². The number of aromatic nitrogens is 1. The molecule has 3 unspecified atom stereocenters. The number of urea groups is 1. The van der Waals surface area contributed by atoms with E-state index < -0.39 is 45.8 Å². The average Bonchev–Trinajstić information content (AvgIpc) is 3.08. The van der Waals surface area contributed by atoms with Gasteiger partial charge in [0.2, 0.25) is 5.82 Å². The Labute approximate surface area is 232 Å². The fraction of sp³-hybridized carbons (Fsp3) is 0.481. The summed E-state index contributed by atoms with van der Waals surface area (Å²) in [6.07, 6.45) is -3.92. The fourth-order valence-electron chi connectivity index (χ4n) is 5.94. The van der Waals surface area contributed by atoms with Gasteiger partial charge in [0.15, 0.2) is 0 Å². The van der Waals surface area contributed by atoms with E-state index in [9.17, 15) is 36.3 Å². The first-order valence-electron chi connectivity index (χ1n) is 13.1. The van der Waals surface area contributed by atoms with Crippen LogP contribution in [0.1, 0.15) is 44.0 Å². The van der Waals surface area contributed by atoms with Gasteiger partial charge in [-0.25, -0.2) is 23.4 Å². The number of hydroxylamine groups is 2. The summed E-state index contributed by atoms with van der Waals surface area (Å²) < 4.78 is 66.1. The quantitative estimate of drug-likeness (QED) is 0.398. The predicted octanol–water partition coefficient (Wildman–Crippen LogP) is 4.22. The number of anilines is 2. The number of halogens is 5. The first kappa shape index (κ1) is 28.7. The molecule has 9 nitrogen and oxygen atoms in total. The van der Waals surface area contributed by atoms with Gasteiger partial charge in [0, 0.05) is 28.3 Å². The van der Waals surface area contributed by atoms with Gasteiger partial charge < -0.3 is 4.90 Å². The van der Waals surface area contributed by atoms with Crippen LogP contribution in [-0.4, -0.2) is 67.7 Å². The lowest BCUT2D eigenvalue weighted by Gasteiger charge is -2.49. The topological polar surface area (TPSA) is 84.3 Å². The van der Waals surface area contributed by atoms with Crippen molar-refractivity contribution in [2.45, 2.75) is 51.9 Å². The number of quaternary nitrogens is 1. The van der Waals surface area contributed by atoms with Crippen LogP contribution in [0.2, 0.25) is 0 Å². The number of pyridine rings is 1. The Hall–Kier alpha value is -3.81. The van der Waals surface area contributed by atoms with Crippen molar-refractivity contribution >= 4 is 35.2 Å². The first-order valence-corrected chi connectivity index (χ1v) is 13.1. The lowest BCUT2D eigenvalue weighted by Crippen LogP contribution is -2.65. The monoisotopic (exact) mass is 583 g/mol. The number of rotatable bonds is 4. The maximum absolute atomic E-state index is 14.3. The number of benzene rings is 1. The summed E-state index contributed by atoms with van der Waals surface area (Å²) in [6.45, 7) is 5.54. The molecule has 0 saturated carbocycles. The van der Waals surface area contributed by atoms with Gasteiger partial charge in [-0.2, -0.15) is 22.9 Å². The van der Waals surface area contributed by atoms with Crippen molar-refractivity contribution in [3.63, 3.8) is 0 Å². The van der Waals surface area contributed by atoms with Gasteiger partial charge in [-0.05, 0) is 25.0 Å². The van der Waals surface area contributed by atoms with E-state index in [1.807, 2.05) is 4.90 Å². The number of hydrogen-bond acceptors (Lipinski definition) is 5. The van der Waals surface area contributed by atoms with Gasteiger partial charge in [-0.1, -0.05) is 20.8 Å². The van der Waals surface area contributed by atoms with Gasteiger partial charge in [-0.15, -0.1) is 0 Å². The average molecular weight is 584 g/mol. The zero-order chi connectivity index (χ0) is 30.1. The smallest absolute Gasteiger partial charge is 0.329 e. The minimum Gasteiger partial charge on any atom is -0.329 e. The number of carbonyl (C=O) groups is 3. The molecule has 4 aliphatic heterocycles. The zero-order valence-electron chi connectivity index (χ0n) is 22.9. The molecule has 1 aromatic carbocycles. The Bertz CT molecular complexity index is 1430. The van der Waals surface area contributed by atoms with Gasteiger partial charge in [0.1, 0.15) is 18.2 Å². The highest BCUT2D eigenvalue weighted by molar-refractivity contribution is 6.07. The third-order valence-electron chi connectivity index (χ3n) is 7.64. The zero-order valence-corrected chi connectivity index (χ0v) is 22.9. The lowest BCUT2D eigenvalue weighted by atomic mass is 9.90. The maximum Gasteiger partial charge on any atom is 0.529 e. The molecular formula is C27H30F5N5O4+2. The SMILES string of the molecule is CN1C(=O)[N+](CC(C)(C)C)(OC(=O)C(F)(F)F)c2ccc(N3CC4CCC3CN4C(=O)c3ccc(F)cc3F)[nH+]c21. The van der Waals surface area contributed by atoms with Crippen LogP contribution in [0, 0.1) is 17.0 Å². The highest BCUT2D eigenvalue weighted by Crippen LogP contribution is 2.44. The normalized spacial score (nSPS) is 24.1. The summed E-state index contributed by atoms with van der Waals surface area (Å²) in [5.74, 6) is -3.99. The van der Waals surface area contributed by atoms with Crippen molar-refractivity contribution in [2.75, 3.05) is 36.5 Å². The third-order valence-corrected chi connectivity index (χ3v) is 7.64. The molecular weight excluding hydrogens is 553 g/mol. The van der Waals surface area contributed by atoms with Crippen molar-refractivity contribution in [2.24, 2.45) is 5.41 Å². The molecule has 2 bridgehead atoms. The Kier molecular flexibility index (Phi) is 6.75. The van der Waals surface area contributed by atoms with Crippen LogP contribution in [0.25, 0.3) is 0 Å². The summed E-state index contributed by atoms with van der Waals surface area (Å²) in [6, 6.07) is 4.59. The number of nitrogens with zero attached hydrogens (tertiary/aromatic N) is 4. The Morgan fingerprint density at radius 1 is 1.05 bits per heavy atom. The van der Waals surface area contributed by atoms with Crippen LogP contribution in [-0.2, 0) is 9.63 Å². The second-order valence-electron chi connectivity index (χ2n) is 11.9. The van der Waals surface area contributed by atoms with E-state index in [0.717, 1.165) is 17.0 Å². The number of carbonyl (C=O) groups excluding carboxylic acids is 3. The predicted molar refractivity (Wildman–Crippen MR) is 137 cm³/mol. The molecule has 3 atom stereocenters. The van der Waals surface area contributed by atoms with Crippen LogP contribution in [0.5, 0.6) is 0 Å². The maximum atomic E-state index is 14.3. The number of nitrogens with one attached hydrogen (secondary N) is 1. The number of fused-ring (bicyclic) bond motifs is 4. The number of alkyl halides is 3. The minimum absolute atomic E-state index is 0.0551. The number of aromatic amines is 1. The van der Waals surface area contributed by atoms with E-state index in [1.165, 1.54) is 13.1 Å². The van der Waals surface area contributed by atoms with Crippen molar-refractivity contribution in [3.05, 3.63) is 47.5 Å². The summed E-state index contributed by atoms with van der Waals surface area (Å²) in [5, 5.41) is 0. The number of amides is 3. The molecule has 1 N–H and O–H groups in total. The van der Waals surface area contributed by atoms with Crippen molar-refractivity contribution in [1.82, 2.24) is 9.55 Å². The number of piperidine rings is 2. The first-order chi connectivity index (χ1) is 19.0. The van der Waals surface area contributed by atoms with E-state index in [2.05, 4.69) is 4.98 Å². The molecule has 2 aromatic rings. The molecule has 41 heavy (non-hydrogen) atoms. The molecule has 14 heteroatoms.